The van der Waals surface area contributed by atoms with Crippen molar-refractivity contribution in [3.63, 3.8) is 0 Å². The van der Waals surface area contributed by atoms with Crippen molar-refractivity contribution in [1.82, 2.24) is 19.7 Å². The van der Waals surface area contributed by atoms with E-state index in [0.29, 0.717) is 17.9 Å². The molecule has 0 aromatic carbocycles. The fourth-order valence-electron chi connectivity index (χ4n) is 1.83. The molecule has 2 heterocycles. The summed E-state index contributed by atoms with van der Waals surface area (Å²) in [6, 6.07) is 1.92. The van der Waals surface area contributed by atoms with Crippen molar-refractivity contribution in [2.45, 2.75) is 33.4 Å². The number of anilines is 1. The van der Waals surface area contributed by atoms with Crippen LogP contribution in [-0.2, 0) is 6.54 Å². The fourth-order valence-corrected chi connectivity index (χ4v) is 1.83. The molecular weight excluding hydrogens is 260 g/mol. The summed E-state index contributed by atoms with van der Waals surface area (Å²) in [5.74, 6) is 1.37. The SMILES string of the molecule is Cc1cc(NCc2nncn2C(C)C)ncc1[N+](=O)[O-]. The number of aryl methyl sites for hydroxylation is 1. The number of nitro groups is 1. The van der Waals surface area contributed by atoms with E-state index in [1.807, 2.05) is 18.4 Å². The van der Waals surface area contributed by atoms with Gasteiger partial charge in [-0.15, -0.1) is 10.2 Å². The Labute approximate surface area is 116 Å². The molecule has 0 unspecified atom stereocenters. The minimum atomic E-state index is -0.443. The first kappa shape index (κ1) is 13.9. The molecule has 0 atom stereocenters. The smallest absolute Gasteiger partial charge is 0.290 e. The zero-order valence-electron chi connectivity index (χ0n) is 11.6. The summed E-state index contributed by atoms with van der Waals surface area (Å²) in [7, 11) is 0. The van der Waals surface area contributed by atoms with E-state index < -0.39 is 4.92 Å². The molecule has 0 aliphatic heterocycles. The Hall–Kier alpha value is -2.51. The molecule has 0 amide bonds. The van der Waals surface area contributed by atoms with Crippen LogP contribution in [0.25, 0.3) is 0 Å². The number of rotatable bonds is 5. The summed E-state index contributed by atoms with van der Waals surface area (Å²) >= 11 is 0. The van der Waals surface area contributed by atoms with Crippen LogP contribution in [0.5, 0.6) is 0 Å². The number of hydrogen-bond acceptors (Lipinski definition) is 6. The fraction of sp³-hybridized carbons (Fsp3) is 0.417. The number of pyridine rings is 1. The largest absolute Gasteiger partial charge is 0.363 e. The predicted molar refractivity (Wildman–Crippen MR) is 73.4 cm³/mol. The Morgan fingerprint density at radius 1 is 1.50 bits per heavy atom. The van der Waals surface area contributed by atoms with Crippen molar-refractivity contribution in [3.05, 3.63) is 40.1 Å². The monoisotopic (exact) mass is 276 g/mol. The molecule has 8 nitrogen and oxygen atoms in total. The van der Waals surface area contributed by atoms with E-state index in [4.69, 9.17) is 0 Å². The van der Waals surface area contributed by atoms with Crippen LogP contribution in [0.4, 0.5) is 11.5 Å². The zero-order chi connectivity index (χ0) is 14.7. The van der Waals surface area contributed by atoms with Crippen molar-refractivity contribution in [2.75, 3.05) is 5.32 Å². The van der Waals surface area contributed by atoms with Crippen molar-refractivity contribution in [2.24, 2.45) is 0 Å². The normalized spacial score (nSPS) is 10.8. The lowest BCUT2D eigenvalue weighted by Gasteiger charge is -2.11. The van der Waals surface area contributed by atoms with E-state index >= 15 is 0 Å². The molecule has 0 saturated carbocycles. The van der Waals surface area contributed by atoms with Crippen LogP contribution in [0.15, 0.2) is 18.6 Å². The van der Waals surface area contributed by atoms with Crippen LogP contribution in [0.1, 0.15) is 31.3 Å². The molecule has 0 aliphatic rings. The summed E-state index contributed by atoms with van der Waals surface area (Å²) < 4.78 is 1.95. The number of aromatic nitrogens is 4. The van der Waals surface area contributed by atoms with Gasteiger partial charge in [-0.25, -0.2) is 4.98 Å². The highest BCUT2D eigenvalue weighted by Gasteiger charge is 2.12. The Bertz CT molecular complexity index is 622. The maximum absolute atomic E-state index is 10.7. The average molecular weight is 276 g/mol. The summed E-state index contributed by atoms with van der Waals surface area (Å²) in [5.41, 5.74) is 0.582. The molecule has 2 aromatic rings. The molecule has 8 heteroatoms. The van der Waals surface area contributed by atoms with Crippen molar-refractivity contribution in [3.8, 4) is 0 Å². The van der Waals surface area contributed by atoms with Gasteiger partial charge in [0.25, 0.3) is 5.69 Å². The summed E-state index contributed by atoms with van der Waals surface area (Å²) in [4.78, 5) is 14.3. The quantitative estimate of drug-likeness (QED) is 0.663. The third-order valence-corrected chi connectivity index (χ3v) is 2.91. The van der Waals surface area contributed by atoms with E-state index in [0.717, 1.165) is 5.82 Å². The highest BCUT2D eigenvalue weighted by Crippen LogP contribution is 2.19. The van der Waals surface area contributed by atoms with Gasteiger partial charge >= 0.3 is 0 Å². The van der Waals surface area contributed by atoms with Gasteiger partial charge in [-0.2, -0.15) is 0 Å². The third-order valence-electron chi connectivity index (χ3n) is 2.91. The van der Waals surface area contributed by atoms with E-state index in [-0.39, 0.29) is 11.7 Å². The van der Waals surface area contributed by atoms with Gasteiger partial charge in [-0.1, -0.05) is 0 Å². The van der Waals surface area contributed by atoms with Gasteiger partial charge in [-0.3, -0.25) is 10.1 Å². The van der Waals surface area contributed by atoms with Crippen LogP contribution in [0.2, 0.25) is 0 Å². The standard InChI is InChI=1S/C12H16N6O2/c1-8(2)17-7-15-16-12(17)6-14-11-4-9(3)10(5-13-11)18(19)20/h4-5,7-8H,6H2,1-3H3,(H,13,14). The Morgan fingerprint density at radius 2 is 2.25 bits per heavy atom. The molecular formula is C12H16N6O2. The van der Waals surface area contributed by atoms with Gasteiger partial charge in [0.1, 0.15) is 18.3 Å². The lowest BCUT2D eigenvalue weighted by molar-refractivity contribution is -0.385. The maximum Gasteiger partial charge on any atom is 0.290 e. The number of nitrogens with zero attached hydrogens (tertiary/aromatic N) is 5. The third kappa shape index (κ3) is 2.90. The van der Waals surface area contributed by atoms with E-state index in [1.165, 1.54) is 6.20 Å². The Kier molecular flexibility index (Phi) is 3.92. The molecule has 106 valence electrons. The summed E-state index contributed by atoms with van der Waals surface area (Å²) in [6.45, 7) is 6.23. The second kappa shape index (κ2) is 5.64. The van der Waals surface area contributed by atoms with Crippen LogP contribution < -0.4 is 5.32 Å². The van der Waals surface area contributed by atoms with Crippen LogP contribution >= 0.6 is 0 Å². The van der Waals surface area contributed by atoms with Crippen LogP contribution in [0, 0.1) is 17.0 Å². The Morgan fingerprint density at radius 3 is 2.85 bits per heavy atom. The van der Waals surface area contributed by atoms with E-state index in [1.54, 1.807) is 19.3 Å². The first-order valence-corrected chi connectivity index (χ1v) is 6.22. The maximum atomic E-state index is 10.7. The lowest BCUT2D eigenvalue weighted by atomic mass is 10.2. The Balaban J connectivity index is 2.09. The minimum absolute atomic E-state index is 0.0147. The predicted octanol–water partition coefficient (Wildman–Crippen LogP) is 2.08. The summed E-state index contributed by atoms with van der Waals surface area (Å²) in [6.07, 6.45) is 2.93. The molecule has 0 aliphatic carbocycles. The highest BCUT2D eigenvalue weighted by atomic mass is 16.6. The second-order valence-electron chi connectivity index (χ2n) is 4.71. The van der Waals surface area contributed by atoms with Gasteiger partial charge in [-0.05, 0) is 26.8 Å². The zero-order valence-corrected chi connectivity index (χ0v) is 11.6. The topological polar surface area (TPSA) is 98.8 Å². The minimum Gasteiger partial charge on any atom is -0.363 e. The second-order valence-corrected chi connectivity index (χ2v) is 4.71. The van der Waals surface area contributed by atoms with E-state index in [2.05, 4.69) is 20.5 Å². The van der Waals surface area contributed by atoms with Gasteiger partial charge in [0.2, 0.25) is 0 Å². The van der Waals surface area contributed by atoms with Crippen molar-refractivity contribution in [1.29, 1.82) is 0 Å². The number of nitrogens with one attached hydrogen (secondary N) is 1. The number of hydrogen-bond donors (Lipinski definition) is 1. The van der Waals surface area contributed by atoms with Crippen LogP contribution in [-0.4, -0.2) is 24.7 Å². The molecule has 2 rings (SSSR count). The molecule has 0 fully saturated rings. The molecule has 0 saturated heterocycles. The average Bonchev–Trinajstić information content (AvgIpc) is 2.84. The van der Waals surface area contributed by atoms with Gasteiger partial charge in [0.15, 0.2) is 5.82 Å². The summed E-state index contributed by atoms with van der Waals surface area (Å²) in [5, 5.41) is 21.7. The van der Waals surface area contributed by atoms with Crippen LogP contribution in [0.3, 0.4) is 0 Å². The van der Waals surface area contributed by atoms with Crippen molar-refractivity contribution >= 4 is 11.5 Å². The lowest BCUT2D eigenvalue weighted by Crippen LogP contribution is -2.11. The first-order chi connectivity index (χ1) is 9.49. The molecule has 2 aromatic heterocycles. The van der Waals surface area contributed by atoms with E-state index in [9.17, 15) is 10.1 Å². The van der Waals surface area contributed by atoms with Gasteiger partial charge in [0, 0.05) is 11.6 Å². The molecule has 0 radical (unpaired) electrons. The molecule has 1 N–H and O–H groups in total. The van der Waals surface area contributed by atoms with Gasteiger partial charge < -0.3 is 9.88 Å². The first-order valence-electron chi connectivity index (χ1n) is 6.22. The molecule has 0 bridgehead atoms. The molecule has 20 heavy (non-hydrogen) atoms. The van der Waals surface area contributed by atoms with Gasteiger partial charge in [0.05, 0.1) is 11.5 Å². The highest BCUT2D eigenvalue weighted by molar-refractivity contribution is 5.46. The van der Waals surface area contributed by atoms with Crippen molar-refractivity contribution < 1.29 is 4.92 Å². The molecule has 0 spiro atoms.